The first-order valence-electron chi connectivity index (χ1n) is 6.43. The number of hydrogen-bond acceptors (Lipinski definition) is 4. The number of halogens is 1. The number of Topliss-reactive ketones (excluding diaryl/α,β-unsaturated/α-hetero) is 1. The van der Waals surface area contributed by atoms with Crippen molar-refractivity contribution in [3.05, 3.63) is 58.2 Å². The Hall–Kier alpha value is -1.73. The Bertz CT molecular complexity index is 669. The van der Waals surface area contributed by atoms with Crippen LogP contribution >= 0.6 is 27.3 Å². The molecule has 0 spiro atoms. The Balaban J connectivity index is 1.82. The fourth-order valence-corrected chi connectivity index (χ4v) is 3.57. The van der Waals surface area contributed by atoms with Gasteiger partial charge in [0.25, 0.3) is 0 Å². The summed E-state index contributed by atoms with van der Waals surface area (Å²) in [5, 5.41) is 0. The van der Waals surface area contributed by atoms with E-state index in [-0.39, 0.29) is 11.7 Å². The number of rotatable bonds is 6. The Morgan fingerprint density at radius 2 is 1.76 bits per heavy atom. The summed E-state index contributed by atoms with van der Waals surface area (Å²) >= 11 is 4.87. The zero-order valence-corrected chi connectivity index (χ0v) is 13.5. The molecule has 0 saturated carbocycles. The van der Waals surface area contributed by atoms with E-state index in [0.717, 1.165) is 8.66 Å². The monoisotopic (exact) mass is 364 g/mol. The number of nitrogens with zero attached hydrogens (tertiary/aromatic N) is 4. The van der Waals surface area contributed by atoms with E-state index >= 15 is 0 Å². The lowest BCUT2D eigenvalue weighted by Crippen LogP contribution is -2.24. The highest BCUT2D eigenvalue weighted by Crippen LogP contribution is 2.25. The Morgan fingerprint density at radius 1 is 1.14 bits per heavy atom. The summed E-state index contributed by atoms with van der Waals surface area (Å²) in [7, 11) is 0. The molecule has 0 bridgehead atoms. The van der Waals surface area contributed by atoms with Gasteiger partial charge in [0.2, 0.25) is 0 Å². The Morgan fingerprint density at radius 3 is 2.19 bits per heavy atom. The number of carbonyl (C=O) groups is 1. The normalized spacial score (nSPS) is 11.1. The SMILES string of the molecule is O=C(c1ccc(Br)s1)C(Cn1ccnc1)Cn1ccnc1. The molecule has 0 saturated heterocycles. The van der Waals surface area contributed by atoms with Gasteiger partial charge in [-0.25, -0.2) is 9.97 Å². The first-order valence-corrected chi connectivity index (χ1v) is 8.04. The van der Waals surface area contributed by atoms with Crippen LogP contribution < -0.4 is 0 Å². The maximum atomic E-state index is 12.7. The fourth-order valence-electron chi connectivity index (χ4n) is 2.17. The van der Waals surface area contributed by atoms with Crippen molar-refractivity contribution < 1.29 is 4.79 Å². The van der Waals surface area contributed by atoms with Crippen LogP contribution in [0.15, 0.2) is 53.4 Å². The van der Waals surface area contributed by atoms with Crippen LogP contribution in [0.3, 0.4) is 0 Å². The van der Waals surface area contributed by atoms with E-state index in [2.05, 4.69) is 25.9 Å². The summed E-state index contributed by atoms with van der Waals surface area (Å²) in [6.45, 7) is 1.21. The van der Waals surface area contributed by atoms with Gasteiger partial charge in [0.1, 0.15) is 0 Å². The summed E-state index contributed by atoms with van der Waals surface area (Å²) in [5.74, 6) is -0.00736. The van der Waals surface area contributed by atoms with Gasteiger partial charge in [0.15, 0.2) is 5.78 Å². The molecule has 0 N–H and O–H groups in total. The maximum absolute atomic E-state index is 12.7. The van der Waals surface area contributed by atoms with Gasteiger partial charge in [-0.05, 0) is 28.1 Å². The quantitative estimate of drug-likeness (QED) is 0.631. The summed E-state index contributed by atoms with van der Waals surface area (Å²) < 4.78 is 4.83. The summed E-state index contributed by atoms with van der Waals surface area (Å²) in [6.07, 6.45) is 10.7. The average molecular weight is 365 g/mol. The van der Waals surface area contributed by atoms with Gasteiger partial charge in [0, 0.05) is 37.9 Å². The molecule has 3 heterocycles. The number of aromatic nitrogens is 4. The minimum atomic E-state index is -0.154. The first kappa shape index (κ1) is 14.2. The smallest absolute Gasteiger partial charge is 0.179 e. The highest BCUT2D eigenvalue weighted by atomic mass is 79.9. The van der Waals surface area contributed by atoms with Crippen molar-refractivity contribution in [3.63, 3.8) is 0 Å². The molecule has 5 nitrogen and oxygen atoms in total. The van der Waals surface area contributed by atoms with Gasteiger partial charge in [0.05, 0.1) is 27.2 Å². The second-order valence-electron chi connectivity index (χ2n) is 4.68. The zero-order valence-electron chi connectivity index (χ0n) is 11.1. The zero-order chi connectivity index (χ0) is 14.7. The molecule has 0 radical (unpaired) electrons. The lowest BCUT2D eigenvalue weighted by Gasteiger charge is -2.16. The molecule has 108 valence electrons. The first-order chi connectivity index (χ1) is 10.2. The third kappa shape index (κ3) is 3.48. The van der Waals surface area contributed by atoms with Crippen LogP contribution in [0.1, 0.15) is 9.67 Å². The second-order valence-corrected chi connectivity index (χ2v) is 7.15. The predicted molar refractivity (Wildman–Crippen MR) is 84.3 cm³/mol. The van der Waals surface area contributed by atoms with Crippen LogP contribution in [0.4, 0.5) is 0 Å². The number of hydrogen-bond donors (Lipinski definition) is 0. The maximum Gasteiger partial charge on any atom is 0.179 e. The van der Waals surface area contributed by atoms with Crippen LogP contribution in [0.25, 0.3) is 0 Å². The van der Waals surface area contributed by atoms with Crippen LogP contribution in [0.5, 0.6) is 0 Å². The largest absolute Gasteiger partial charge is 0.337 e. The van der Waals surface area contributed by atoms with Gasteiger partial charge < -0.3 is 9.13 Å². The summed E-state index contributed by atoms with van der Waals surface area (Å²) in [4.78, 5) is 21.6. The highest BCUT2D eigenvalue weighted by Gasteiger charge is 2.22. The molecular formula is C14H13BrN4OS. The minimum Gasteiger partial charge on any atom is -0.337 e. The summed E-state index contributed by atoms with van der Waals surface area (Å²) in [6, 6.07) is 3.77. The van der Waals surface area contributed by atoms with Gasteiger partial charge in [-0.3, -0.25) is 4.79 Å². The molecule has 0 unspecified atom stereocenters. The van der Waals surface area contributed by atoms with E-state index < -0.39 is 0 Å². The standard InChI is InChI=1S/C14H13BrN4OS/c15-13-2-1-12(21-13)14(20)11(7-18-5-3-16-9-18)8-19-6-4-17-10-19/h1-6,9-11H,7-8H2. The molecule has 0 aliphatic heterocycles. The molecule has 0 aliphatic carbocycles. The van der Waals surface area contributed by atoms with Crippen molar-refractivity contribution in [3.8, 4) is 0 Å². The van der Waals surface area contributed by atoms with E-state index in [0.29, 0.717) is 13.1 Å². The van der Waals surface area contributed by atoms with Gasteiger partial charge in [-0.1, -0.05) is 0 Å². The molecule has 3 rings (SSSR count). The molecule has 3 aromatic heterocycles. The predicted octanol–water partition coefficient (Wildman–Crippen LogP) is 3.10. The molecule has 3 aromatic rings. The Kier molecular flexibility index (Phi) is 4.31. The Labute approximate surface area is 134 Å². The molecular weight excluding hydrogens is 352 g/mol. The lowest BCUT2D eigenvalue weighted by atomic mass is 10.0. The van der Waals surface area contributed by atoms with Crippen molar-refractivity contribution in [2.45, 2.75) is 13.1 Å². The van der Waals surface area contributed by atoms with Gasteiger partial charge in [-0.15, -0.1) is 11.3 Å². The fraction of sp³-hybridized carbons (Fsp3) is 0.214. The number of carbonyl (C=O) groups excluding carboxylic acids is 1. The number of ketones is 1. The number of thiophene rings is 1. The van der Waals surface area contributed by atoms with E-state index in [1.54, 1.807) is 25.0 Å². The summed E-state index contributed by atoms with van der Waals surface area (Å²) in [5.41, 5.74) is 0. The second kappa shape index (κ2) is 6.36. The lowest BCUT2D eigenvalue weighted by molar-refractivity contribution is 0.0896. The van der Waals surface area contributed by atoms with Gasteiger partial charge in [-0.2, -0.15) is 0 Å². The van der Waals surface area contributed by atoms with Crippen molar-refractivity contribution in [1.82, 2.24) is 19.1 Å². The topological polar surface area (TPSA) is 52.7 Å². The van der Waals surface area contributed by atoms with E-state index in [1.807, 2.05) is 33.7 Å². The van der Waals surface area contributed by atoms with Crippen LogP contribution in [-0.4, -0.2) is 24.9 Å². The van der Waals surface area contributed by atoms with Crippen molar-refractivity contribution in [1.29, 1.82) is 0 Å². The minimum absolute atomic E-state index is 0.146. The van der Waals surface area contributed by atoms with Crippen molar-refractivity contribution in [2.75, 3.05) is 0 Å². The molecule has 21 heavy (non-hydrogen) atoms. The van der Waals surface area contributed by atoms with Crippen molar-refractivity contribution in [2.24, 2.45) is 5.92 Å². The van der Waals surface area contributed by atoms with Crippen LogP contribution in [0.2, 0.25) is 0 Å². The highest BCUT2D eigenvalue weighted by molar-refractivity contribution is 9.11. The molecule has 0 atom stereocenters. The number of imidazole rings is 2. The van der Waals surface area contributed by atoms with Crippen LogP contribution in [0, 0.1) is 5.92 Å². The molecule has 0 fully saturated rings. The van der Waals surface area contributed by atoms with E-state index in [4.69, 9.17) is 0 Å². The molecule has 0 aliphatic rings. The molecule has 7 heteroatoms. The van der Waals surface area contributed by atoms with E-state index in [9.17, 15) is 4.79 Å². The average Bonchev–Trinajstić information content (AvgIpc) is 3.19. The third-order valence-corrected chi connectivity index (χ3v) is 4.81. The molecule has 0 amide bonds. The third-order valence-electron chi connectivity index (χ3n) is 3.17. The van der Waals surface area contributed by atoms with Crippen LogP contribution in [-0.2, 0) is 13.1 Å². The van der Waals surface area contributed by atoms with Crippen molar-refractivity contribution >= 4 is 33.0 Å². The molecule has 0 aromatic carbocycles. The van der Waals surface area contributed by atoms with Gasteiger partial charge >= 0.3 is 0 Å². The van der Waals surface area contributed by atoms with E-state index in [1.165, 1.54) is 11.3 Å².